The van der Waals surface area contributed by atoms with Gasteiger partial charge in [-0.3, -0.25) is 0 Å². The largest absolute Gasteiger partial charge is 0.409 e. The lowest BCUT2D eigenvalue weighted by atomic mass is 10.2. The minimum absolute atomic E-state index is 0.499. The maximum absolute atomic E-state index is 6.14. The van der Waals surface area contributed by atoms with Crippen molar-refractivity contribution in [3.8, 4) is 0 Å². The fraction of sp³-hybridized carbons (Fsp3) is 0.571. The van der Waals surface area contributed by atoms with Crippen molar-refractivity contribution < 1.29 is 8.85 Å². The highest BCUT2D eigenvalue weighted by molar-refractivity contribution is 7.24. The summed E-state index contributed by atoms with van der Waals surface area (Å²) in [7, 11) is -2.44. The SMILES string of the molecule is C=C[Si](OCC(C)C)(OCC(C)C)c1cccs1. The van der Waals surface area contributed by atoms with Gasteiger partial charge in [0, 0.05) is 13.2 Å². The second kappa shape index (κ2) is 7.24. The van der Waals surface area contributed by atoms with Crippen LogP contribution in [-0.2, 0) is 8.85 Å². The zero-order valence-electron chi connectivity index (χ0n) is 11.8. The summed E-state index contributed by atoms with van der Waals surface area (Å²) in [6.45, 7) is 14.0. The number of rotatable bonds is 8. The van der Waals surface area contributed by atoms with Crippen LogP contribution in [0.5, 0.6) is 0 Å². The van der Waals surface area contributed by atoms with Gasteiger partial charge in [0.2, 0.25) is 0 Å². The molecule has 0 unspecified atom stereocenters. The van der Waals surface area contributed by atoms with Crippen LogP contribution in [-0.4, -0.2) is 21.8 Å². The van der Waals surface area contributed by atoms with Crippen molar-refractivity contribution in [3.05, 3.63) is 29.8 Å². The van der Waals surface area contributed by atoms with Gasteiger partial charge in [0.15, 0.2) is 0 Å². The third-order valence-corrected chi connectivity index (χ3v) is 6.87. The molecule has 0 fully saturated rings. The predicted octanol–water partition coefficient (Wildman–Crippen LogP) is 3.47. The van der Waals surface area contributed by atoms with E-state index in [0.29, 0.717) is 25.0 Å². The van der Waals surface area contributed by atoms with Gasteiger partial charge in [-0.25, -0.2) is 0 Å². The lowest BCUT2D eigenvalue weighted by Gasteiger charge is -2.28. The molecule has 4 heteroatoms. The molecular weight excluding hydrogens is 260 g/mol. The molecule has 0 atom stereocenters. The van der Waals surface area contributed by atoms with Crippen LogP contribution in [0.4, 0.5) is 0 Å². The van der Waals surface area contributed by atoms with Gasteiger partial charge in [0.25, 0.3) is 0 Å². The molecule has 1 aromatic rings. The Morgan fingerprint density at radius 1 is 1.22 bits per heavy atom. The van der Waals surface area contributed by atoms with E-state index in [4.69, 9.17) is 8.85 Å². The van der Waals surface area contributed by atoms with Crippen LogP contribution in [0.2, 0.25) is 0 Å². The van der Waals surface area contributed by atoms with E-state index in [2.05, 4.69) is 45.7 Å². The number of thiophene rings is 1. The summed E-state index contributed by atoms with van der Waals surface area (Å²) < 4.78 is 13.5. The lowest BCUT2D eigenvalue weighted by Crippen LogP contribution is -2.52. The summed E-state index contributed by atoms with van der Waals surface area (Å²) in [5, 5.41) is 2.07. The van der Waals surface area contributed by atoms with Gasteiger partial charge < -0.3 is 8.85 Å². The summed E-state index contributed by atoms with van der Waals surface area (Å²) in [5.74, 6) is 0.999. The van der Waals surface area contributed by atoms with Crippen molar-refractivity contribution in [2.45, 2.75) is 27.7 Å². The summed E-state index contributed by atoms with van der Waals surface area (Å²) >= 11 is 1.70. The number of hydrogen-bond donors (Lipinski definition) is 0. The van der Waals surface area contributed by atoms with E-state index in [9.17, 15) is 0 Å². The van der Waals surface area contributed by atoms with Crippen LogP contribution in [0.1, 0.15) is 27.7 Å². The predicted molar refractivity (Wildman–Crippen MR) is 81.5 cm³/mol. The van der Waals surface area contributed by atoms with Gasteiger partial charge in [-0.1, -0.05) is 33.8 Å². The molecule has 1 heterocycles. The average Bonchev–Trinajstić information content (AvgIpc) is 2.83. The fourth-order valence-corrected chi connectivity index (χ4v) is 5.68. The van der Waals surface area contributed by atoms with Crippen LogP contribution < -0.4 is 4.50 Å². The number of hydrogen-bond acceptors (Lipinski definition) is 3. The minimum atomic E-state index is -2.44. The van der Waals surface area contributed by atoms with E-state index >= 15 is 0 Å². The maximum atomic E-state index is 6.14. The Balaban J connectivity index is 2.86. The van der Waals surface area contributed by atoms with E-state index in [-0.39, 0.29) is 0 Å². The molecule has 0 aliphatic heterocycles. The van der Waals surface area contributed by atoms with Crippen LogP contribution >= 0.6 is 11.3 Å². The third-order valence-electron chi connectivity index (χ3n) is 2.40. The van der Waals surface area contributed by atoms with Crippen molar-refractivity contribution >= 4 is 24.4 Å². The highest BCUT2D eigenvalue weighted by Gasteiger charge is 2.38. The molecular formula is C14H24O2SSi. The average molecular weight is 284 g/mol. The lowest BCUT2D eigenvalue weighted by molar-refractivity contribution is 0.158. The normalized spacial score (nSPS) is 12.3. The molecule has 0 aliphatic carbocycles. The van der Waals surface area contributed by atoms with Crippen molar-refractivity contribution in [1.82, 2.24) is 0 Å². The topological polar surface area (TPSA) is 18.5 Å². The van der Waals surface area contributed by atoms with Crippen LogP contribution in [0.25, 0.3) is 0 Å². The highest BCUT2D eigenvalue weighted by Crippen LogP contribution is 2.16. The first-order chi connectivity index (χ1) is 8.50. The Kier molecular flexibility index (Phi) is 6.28. The van der Waals surface area contributed by atoms with Crippen LogP contribution in [0.3, 0.4) is 0 Å². The zero-order chi connectivity index (χ0) is 13.6. The van der Waals surface area contributed by atoms with Gasteiger partial charge in [-0.05, 0) is 29.0 Å². The second-order valence-electron chi connectivity index (χ2n) is 5.26. The van der Waals surface area contributed by atoms with Crippen LogP contribution in [0, 0.1) is 11.8 Å². The first kappa shape index (κ1) is 15.6. The van der Waals surface area contributed by atoms with E-state index in [0.717, 1.165) is 0 Å². The molecule has 0 aromatic carbocycles. The molecule has 0 spiro atoms. The molecule has 2 nitrogen and oxygen atoms in total. The minimum Gasteiger partial charge on any atom is -0.387 e. The van der Waals surface area contributed by atoms with E-state index < -0.39 is 8.56 Å². The quantitative estimate of drug-likeness (QED) is 0.681. The molecule has 0 saturated carbocycles. The molecule has 0 N–H and O–H groups in total. The van der Waals surface area contributed by atoms with Crippen molar-refractivity contribution in [1.29, 1.82) is 0 Å². The molecule has 0 saturated heterocycles. The molecule has 0 radical (unpaired) electrons. The molecule has 0 bridgehead atoms. The van der Waals surface area contributed by atoms with E-state index in [1.54, 1.807) is 11.3 Å². The molecule has 0 aliphatic rings. The Hall–Kier alpha value is -0.423. The molecule has 102 valence electrons. The molecule has 18 heavy (non-hydrogen) atoms. The van der Waals surface area contributed by atoms with E-state index in [1.807, 2.05) is 11.8 Å². The van der Waals surface area contributed by atoms with Gasteiger partial charge in [-0.2, -0.15) is 0 Å². The second-order valence-corrected chi connectivity index (χ2v) is 9.43. The Morgan fingerprint density at radius 2 is 1.78 bits per heavy atom. The summed E-state index contributed by atoms with van der Waals surface area (Å²) in [6, 6.07) is 4.14. The Labute approximate surface area is 116 Å². The van der Waals surface area contributed by atoms with Crippen LogP contribution in [0.15, 0.2) is 29.8 Å². The highest BCUT2D eigenvalue weighted by atomic mass is 32.1. The maximum Gasteiger partial charge on any atom is 0.409 e. The van der Waals surface area contributed by atoms with Gasteiger partial charge in [0.1, 0.15) is 0 Å². The van der Waals surface area contributed by atoms with Gasteiger partial charge in [0.05, 0.1) is 4.50 Å². The smallest absolute Gasteiger partial charge is 0.387 e. The summed E-state index contributed by atoms with van der Waals surface area (Å²) in [4.78, 5) is 0. The van der Waals surface area contributed by atoms with Gasteiger partial charge in [-0.15, -0.1) is 17.9 Å². The van der Waals surface area contributed by atoms with Gasteiger partial charge >= 0.3 is 8.56 Å². The van der Waals surface area contributed by atoms with Crippen molar-refractivity contribution in [3.63, 3.8) is 0 Å². The van der Waals surface area contributed by atoms with E-state index in [1.165, 1.54) is 4.50 Å². The first-order valence-corrected chi connectivity index (χ1v) is 9.23. The first-order valence-electron chi connectivity index (χ1n) is 6.45. The summed E-state index contributed by atoms with van der Waals surface area (Å²) in [6.07, 6.45) is 0. The Morgan fingerprint density at radius 3 is 2.11 bits per heavy atom. The molecule has 1 aromatic heterocycles. The zero-order valence-corrected chi connectivity index (χ0v) is 13.6. The monoisotopic (exact) mass is 284 g/mol. The molecule has 0 amide bonds. The standard InChI is InChI=1S/C14H24O2SSi/c1-6-18(15-10-12(2)3,16-11-13(4)5)14-8-7-9-17-14/h6-9,12-13H,1,10-11H2,2-5H3. The molecule has 1 rings (SSSR count). The van der Waals surface area contributed by atoms with Crippen molar-refractivity contribution in [2.75, 3.05) is 13.2 Å². The summed E-state index contributed by atoms with van der Waals surface area (Å²) in [5.41, 5.74) is 1.91. The Bertz CT molecular complexity index is 335. The van der Waals surface area contributed by atoms with Crippen molar-refractivity contribution in [2.24, 2.45) is 11.8 Å². The third kappa shape index (κ3) is 4.35. The fourth-order valence-electron chi connectivity index (χ4n) is 1.46.